The van der Waals surface area contributed by atoms with Gasteiger partial charge in [-0.05, 0) is 73.4 Å². The summed E-state index contributed by atoms with van der Waals surface area (Å²) in [4.78, 5) is 28.2. The number of anilines is 1. The third-order valence-electron chi connectivity index (χ3n) is 6.01. The molecule has 1 atom stereocenters. The Bertz CT molecular complexity index is 1350. The molecule has 1 aliphatic heterocycles. The molecule has 1 saturated heterocycles. The normalized spacial score (nSPS) is 16.9. The zero-order valence-corrected chi connectivity index (χ0v) is 22.1. The van der Waals surface area contributed by atoms with Crippen LogP contribution in [0.3, 0.4) is 0 Å². The number of amides is 1. The van der Waals surface area contributed by atoms with Crippen LogP contribution in [0.5, 0.6) is 11.5 Å². The average molecular weight is 520 g/mol. The van der Waals surface area contributed by atoms with Gasteiger partial charge in [0.2, 0.25) is 0 Å². The maximum atomic E-state index is 13.4. The largest absolute Gasteiger partial charge is 0.507 e. The van der Waals surface area contributed by atoms with E-state index < -0.39 is 17.7 Å². The molecular weight excluding hydrogens is 490 g/mol. The molecule has 3 aromatic carbocycles. The number of aliphatic hydroxyl groups excluding tert-OH is 1. The Morgan fingerprint density at radius 3 is 2.41 bits per heavy atom. The van der Waals surface area contributed by atoms with Gasteiger partial charge in [0.1, 0.15) is 17.3 Å². The van der Waals surface area contributed by atoms with E-state index >= 15 is 0 Å². The van der Waals surface area contributed by atoms with Crippen molar-refractivity contribution in [3.63, 3.8) is 0 Å². The fourth-order valence-electron chi connectivity index (χ4n) is 4.27. The molecule has 7 heteroatoms. The molecule has 1 amide bonds. The van der Waals surface area contributed by atoms with Crippen molar-refractivity contribution >= 4 is 34.7 Å². The van der Waals surface area contributed by atoms with Gasteiger partial charge >= 0.3 is 0 Å². The van der Waals surface area contributed by atoms with Crippen LogP contribution in [-0.2, 0) is 9.59 Å². The summed E-state index contributed by atoms with van der Waals surface area (Å²) in [7, 11) is 0. The zero-order chi connectivity index (χ0) is 26.7. The van der Waals surface area contributed by atoms with E-state index in [0.717, 1.165) is 5.56 Å². The highest BCUT2D eigenvalue weighted by Crippen LogP contribution is 2.43. The average Bonchev–Trinajstić information content (AvgIpc) is 3.14. The van der Waals surface area contributed by atoms with E-state index in [9.17, 15) is 14.7 Å². The van der Waals surface area contributed by atoms with Crippen molar-refractivity contribution in [2.45, 2.75) is 33.7 Å². The van der Waals surface area contributed by atoms with E-state index in [1.165, 1.54) is 4.90 Å². The van der Waals surface area contributed by atoms with Crippen molar-refractivity contribution in [3.05, 3.63) is 94.0 Å². The van der Waals surface area contributed by atoms with Crippen LogP contribution in [0.15, 0.2) is 72.3 Å². The molecule has 1 fully saturated rings. The van der Waals surface area contributed by atoms with Crippen LogP contribution in [0, 0.1) is 12.8 Å². The Morgan fingerprint density at radius 2 is 1.76 bits per heavy atom. The van der Waals surface area contributed by atoms with Gasteiger partial charge in [-0.15, -0.1) is 0 Å². The summed E-state index contributed by atoms with van der Waals surface area (Å²) >= 11 is 6.23. The number of rotatable bonds is 8. The number of aliphatic hydroxyl groups is 1. The highest BCUT2D eigenvalue weighted by atomic mass is 35.5. The number of ether oxygens (including phenoxy) is 2. The Hall–Kier alpha value is -3.77. The van der Waals surface area contributed by atoms with Gasteiger partial charge in [0.05, 0.1) is 29.9 Å². The minimum Gasteiger partial charge on any atom is -0.507 e. The first-order valence-corrected chi connectivity index (χ1v) is 12.6. The molecule has 0 radical (unpaired) electrons. The van der Waals surface area contributed by atoms with Crippen LogP contribution in [0.4, 0.5) is 5.69 Å². The molecule has 1 unspecified atom stereocenters. The molecule has 1 N–H and O–H groups in total. The molecule has 4 rings (SSSR count). The third kappa shape index (κ3) is 5.49. The van der Waals surface area contributed by atoms with Crippen LogP contribution in [0.1, 0.15) is 43.5 Å². The van der Waals surface area contributed by atoms with Gasteiger partial charge in [-0.1, -0.05) is 49.7 Å². The number of halogens is 1. The van der Waals surface area contributed by atoms with Crippen LogP contribution in [-0.4, -0.2) is 30.0 Å². The summed E-state index contributed by atoms with van der Waals surface area (Å²) in [5, 5.41) is 11.8. The van der Waals surface area contributed by atoms with E-state index in [1.807, 2.05) is 56.3 Å². The second-order valence-electron chi connectivity index (χ2n) is 9.36. The lowest BCUT2D eigenvalue weighted by atomic mass is 9.95. The molecule has 37 heavy (non-hydrogen) atoms. The number of benzene rings is 3. The predicted molar refractivity (Wildman–Crippen MR) is 145 cm³/mol. The van der Waals surface area contributed by atoms with Crippen molar-refractivity contribution in [1.82, 2.24) is 0 Å². The van der Waals surface area contributed by atoms with Gasteiger partial charge in [0, 0.05) is 11.3 Å². The van der Waals surface area contributed by atoms with E-state index in [4.69, 9.17) is 21.1 Å². The Kier molecular flexibility index (Phi) is 7.89. The molecule has 3 aromatic rings. The smallest absolute Gasteiger partial charge is 0.300 e. The number of nitrogens with zero attached hydrogens (tertiary/aromatic N) is 1. The summed E-state index contributed by atoms with van der Waals surface area (Å²) in [5.41, 5.74) is 2.49. The maximum Gasteiger partial charge on any atom is 0.300 e. The van der Waals surface area contributed by atoms with Gasteiger partial charge < -0.3 is 14.6 Å². The first-order chi connectivity index (χ1) is 17.7. The molecular formula is C30H30ClNO5. The Labute approximate surface area is 222 Å². The number of hydrogen-bond acceptors (Lipinski definition) is 5. The quantitative estimate of drug-likeness (QED) is 0.203. The molecule has 1 aliphatic rings. The summed E-state index contributed by atoms with van der Waals surface area (Å²) in [6.07, 6.45) is 0. The Balaban J connectivity index is 1.86. The summed E-state index contributed by atoms with van der Waals surface area (Å²) in [6.45, 7) is 8.82. The molecule has 1 heterocycles. The van der Waals surface area contributed by atoms with Gasteiger partial charge in [-0.3, -0.25) is 14.5 Å². The molecule has 0 aliphatic carbocycles. The first kappa shape index (κ1) is 26.3. The topological polar surface area (TPSA) is 76.1 Å². The second-order valence-corrected chi connectivity index (χ2v) is 9.77. The van der Waals surface area contributed by atoms with Crippen molar-refractivity contribution < 1.29 is 24.2 Å². The number of hydrogen-bond donors (Lipinski definition) is 1. The molecule has 0 spiro atoms. The minimum atomic E-state index is -0.841. The second kappa shape index (κ2) is 11.1. The number of ketones is 1. The summed E-state index contributed by atoms with van der Waals surface area (Å²) in [6, 6.07) is 18.5. The van der Waals surface area contributed by atoms with Crippen molar-refractivity contribution in [2.75, 3.05) is 18.1 Å². The van der Waals surface area contributed by atoms with E-state index in [0.29, 0.717) is 52.5 Å². The SMILES string of the molecule is CCOc1cc(/C(O)=C2/C(=O)C(=O)N(c3cccc(C)c3)C2c2ccc(OCC(C)C)cc2)ccc1Cl. The highest BCUT2D eigenvalue weighted by molar-refractivity contribution is 6.51. The van der Waals surface area contributed by atoms with Crippen LogP contribution in [0.25, 0.3) is 5.76 Å². The van der Waals surface area contributed by atoms with Gasteiger partial charge in [-0.25, -0.2) is 0 Å². The van der Waals surface area contributed by atoms with Gasteiger partial charge in [-0.2, -0.15) is 0 Å². The maximum absolute atomic E-state index is 13.4. The fraction of sp³-hybridized carbons (Fsp3) is 0.267. The summed E-state index contributed by atoms with van der Waals surface area (Å²) < 4.78 is 11.4. The van der Waals surface area contributed by atoms with Crippen LogP contribution < -0.4 is 14.4 Å². The number of Topliss-reactive ketones (excluding diaryl/α,β-unsaturated/α-hetero) is 1. The molecule has 6 nitrogen and oxygen atoms in total. The van der Waals surface area contributed by atoms with Crippen molar-refractivity contribution in [3.8, 4) is 11.5 Å². The summed E-state index contributed by atoms with van der Waals surface area (Å²) in [5.74, 6) is -0.341. The zero-order valence-electron chi connectivity index (χ0n) is 21.3. The third-order valence-corrected chi connectivity index (χ3v) is 6.32. The number of carbonyl (C=O) groups excluding carboxylic acids is 2. The van der Waals surface area contributed by atoms with Crippen molar-refractivity contribution in [2.24, 2.45) is 5.92 Å². The van der Waals surface area contributed by atoms with Crippen molar-refractivity contribution in [1.29, 1.82) is 0 Å². The predicted octanol–water partition coefficient (Wildman–Crippen LogP) is 6.71. The lowest BCUT2D eigenvalue weighted by Crippen LogP contribution is -2.29. The lowest BCUT2D eigenvalue weighted by Gasteiger charge is -2.26. The van der Waals surface area contributed by atoms with E-state index in [2.05, 4.69) is 13.8 Å². The first-order valence-electron chi connectivity index (χ1n) is 12.2. The fourth-order valence-corrected chi connectivity index (χ4v) is 4.45. The highest BCUT2D eigenvalue weighted by Gasteiger charge is 2.47. The van der Waals surface area contributed by atoms with E-state index in [-0.39, 0.29) is 11.3 Å². The molecule has 0 bridgehead atoms. The lowest BCUT2D eigenvalue weighted by molar-refractivity contribution is -0.132. The Morgan fingerprint density at radius 1 is 1.03 bits per heavy atom. The monoisotopic (exact) mass is 519 g/mol. The standard InChI is InChI=1S/C30H30ClNO5/c1-5-36-25-16-21(11-14-24(25)31)28(33)26-27(20-9-12-23(13-10-20)37-17-18(2)3)32(30(35)29(26)34)22-8-6-7-19(4)15-22/h6-16,18,27,33H,5,17H2,1-4H3/b28-26-. The molecule has 192 valence electrons. The van der Waals surface area contributed by atoms with E-state index in [1.54, 1.807) is 24.3 Å². The number of carbonyl (C=O) groups is 2. The molecule has 0 aromatic heterocycles. The van der Waals surface area contributed by atoms with Crippen LogP contribution >= 0.6 is 11.6 Å². The number of aryl methyl sites for hydroxylation is 1. The van der Waals surface area contributed by atoms with Gasteiger partial charge in [0.25, 0.3) is 11.7 Å². The molecule has 0 saturated carbocycles. The minimum absolute atomic E-state index is 0.00729. The van der Waals surface area contributed by atoms with Gasteiger partial charge in [0.15, 0.2) is 0 Å². The van der Waals surface area contributed by atoms with Crippen LogP contribution in [0.2, 0.25) is 5.02 Å².